The molecule has 172 valence electrons. The van der Waals surface area contributed by atoms with Gasteiger partial charge in [0, 0.05) is 6.42 Å². The maximum absolute atomic E-state index is 12.4. The standard InChI is InChI=1S/C17H30N4O8S/c1-8(14(25)20-11(17(28)29)4-5-12(23)24)19-16(27)13(9(2)22)21-15(26)10(18)6-7-30-3/h8-11,13,22H,4-7,18H2,1-3H3,(H,19,27)(H,20,25)(H,21,26)(H,23,24)(H,28,29). The molecule has 0 aromatic carbocycles. The molecule has 0 radical (unpaired) electrons. The van der Waals surface area contributed by atoms with E-state index in [1.54, 1.807) is 0 Å². The van der Waals surface area contributed by atoms with Crippen molar-refractivity contribution in [2.75, 3.05) is 12.0 Å². The van der Waals surface area contributed by atoms with Crippen LogP contribution >= 0.6 is 11.8 Å². The fourth-order valence-corrected chi connectivity index (χ4v) is 2.72. The van der Waals surface area contributed by atoms with Gasteiger partial charge < -0.3 is 37.0 Å². The Bertz CT molecular complexity index is 631. The maximum atomic E-state index is 12.4. The maximum Gasteiger partial charge on any atom is 0.326 e. The Morgan fingerprint density at radius 2 is 1.53 bits per heavy atom. The molecule has 30 heavy (non-hydrogen) atoms. The molecule has 0 saturated heterocycles. The smallest absolute Gasteiger partial charge is 0.326 e. The Hall–Kier alpha value is -2.38. The van der Waals surface area contributed by atoms with E-state index in [1.807, 2.05) is 6.26 Å². The monoisotopic (exact) mass is 450 g/mol. The van der Waals surface area contributed by atoms with Crippen LogP contribution in [0.25, 0.3) is 0 Å². The Balaban J connectivity index is 4.93. The highest BCUT2D eigenvalue weighted by atomic mass is 32.2. The Morgan fingerprint density at radius 3 is 2.00 bits per heavy atom. The molecule has 0 bridgehead atoms. The normalized spacial score (nSPS) is 15.8. The minimum atomic E-state index is -1.45. The van der Waals surface area contributed by atoms with Gasteiger partial charge in [-0.25, -0.2) is 4.79 Å². The SMILES string of the molecule is CSCCC(N)C(=O)NC(C(=O)NC(C)C(=O)NC(CCC(=O)O)C(=O)O)C(C)O. The Morgan fingerprint density at radius 1 is 0.933 bits per heavy atom. The van der Waals surface area contributed by atoms with Gasteiger partial charge in [0.2, 0.25) is 17.7 Å². The number of nitrogens with two attached hydrogens (primary N) is 1. The highest BCUT2D eigenvalue weighted by Gasteiger charge is 2.30. The van der Waals surface area contributed by atoms with E-state index < -0.39 is 66.4 Å². The number of hydrogen-bond acceptors (Lipinski definition) is 8. The third kappa shape index (κ3) is 10.4. The van der Waals surface area contributed by atoms with E-state index in [0.717, 1.165) is 0 Å². The second kappa shape index (κ2) is 13.8. The molecule has 0 aliphatic rings. The number of aliphatic hydroxyl groups excluding tert-OH is 1. The van der Waals surface area contributed by atoms with Crippen LogP contribution in [0.4, 0.5) is 0 Å². The minimum Gasteiger partial charge on any atom is -0.481 e. The van der Waals surface area contributed by atoms with E-state index in [9.17, 15) is 29.1 Å². The van der Waals surface area contributed by atoms with Crippen molar-refractivity contribution in [3.63, 3.8) is 0 Å². The Kier molecular flexibility index (Phi) is 12.7. The van der Waals surface area contributed by atoms with E-state index >= 15 is 0 Å². The molecule has 0 fully saturated rings. The van der Waals surface area contributed by atoms with Crippen molar-refractivity contribution in [1.29, 1.82) is 0 Å². The van der Waals surface area contributed by atoms with E-state index in [-0.39, 0.29) is 6.42 Å². The fraction of sp³-hybridized carbons (Fsp3) is 0.706. The summed E-state index contributed by atoms with van der Waals surface area (Å²) in [7, 11) is 0. The second-order valence-corrected chi connectivity index (χ2v) is 7.66. The summed E-state index contributed by atoms with van der Waals surface area (Å²) >= 11 is 1.49. The minimum absolute atomic E-state index is 0.336. The average molecular weight is 451 g/mol. The third-order valence-corrected chi connectivity index (χ3v) is 4.69. The van der Waals surface area contributed by atoms with Crippen LogP contribution < -0.4 is 21.7 Å². The molecule has 0 aliphatic heterocycles. The third-order valence-electron chi connectivity index (χ3n) is 4.05. The predicted octanol–water partition coefficient (Wildman–Crippen LogP) is -2.13. The summed E-state index contributed by atoms with van der Waals surface area (Å²) in [6.07, 6.45) is 0.119. The molecule has 5 atom stereocenters. The number of aliphatic carboxylic acids is 2. The number of rotatable bonds is 14. The quantitative estimate of drug-likeness (QED) is 0.153. The average Bonchev–Trinajstić information content (AvgIpc) is 2.65. The number of hydrogen-bond donors (Lipinski definition) is 7. The van der Waals surface area contributed by atoms with Gasteiger partial charge in [0.25, 0.3) is 0 Å². The van der Waals surface area contributed by atoms with Gasteiger partial charge in [0.15, 0.2) is 0 Å². The summed E-state index contributed by atoms with van der Waals surface area (Å²) in [4.78, 5) is 58.4. The number of carbonyl (C=O) groups excluding carboxylic acids is 3. The fourth-order valence-electron chi connectivity index (χ4n) is 2.23. The number of thioether (sulfide) groups is 1. The molecule has 0 aromatic heterocycles. The summed E-state index contributed by atoms with van der Waals surface area (Å²) in [6.45, 7) is 2.55. The van der Waals surface area contributed by atoms with Crippen molar-refractivity contribution in [1.82, 2.24) is 16.0 Å². The largest absolute Gasteiger partial charge is 0.481 e. The predicted molar refractivity (Wildman–Crippen MR) is 109 cm³/mol. The van der Waals surface area contributed by atoms with Gasteiger partial charge in [0.05, 0.1) is 12.1 Å². The van der Waals surface area contributed by atoms with Gasteiger partial charge in [0.1, 0.15) is 18.1 Å². The zero-order valence-corrected chi connectivity index (χ0v) is 17.9. The van der Waals surface area contributed by atoms with Crippen molar-refractivity contribution < 1.29 is 39.3 Å². The molecule has 0 heterocycles. The van der Waals surface area contributed by atoms with Crippen molar-refractivity contribution in [3.05, 3.63) is 0 Å². The van der Waals surface area contributed by atoms with Crippen molar-refractivity contribution in [2.45, 2.75) is 63.4 Å². The van der Waals surface area contributed by atoms with Crippen LogP contribution in [0.1, 0.15) is 33.1 Å². The summed E-state index contributed by atoms with van der Waals surface area (Å²) in [5.41, 5.74) is 5.73. The van der Waals surface area contributed by atoms with Crippen LogP contribution in [0.2, 0.25) is 0 Å². The van der Waals surface area contributed by atoms with E-state index in [2.05, 4.69) is 16.0 Å². The molecular formula is C17H30N4O8S. The van der Waals surface area contributed by atoms with Crippen LogP contribution in [-0.2, 0) is 24.0 Å². The lowest BCUT2D eigenvalue weighted by atomic mass is 10.1. The first-order valence-electron chi connectivity index (χ1n) is 9.19. The first-order valence-corrected chi connectivity index (χ1v) is 10.6. The molecule has 12 nitrogen and oxygen atoms in total. The molecule has 5 unspecified atom stereocenters. The highest BCUT2D eigenvalue weighted by molar-refractivity contribution is 7.98. The zero-order valence-electron chi connectivity index (χ0n) is 17.1. The zero-order chi connectivity index (χ0) is 23.4. The van der Waals surface area contributed by atoms with Crippen LogP contribution in [0, 0.1) is 0 Å². The van der Waals surface area contributed by atoms with Crippen molar-refractivity contribution >= 4 is 41.4 Å². The second-order valence-electron chi connectivity index (χ2n) is 6.68. The number of aliphatic hydroxyl groups is 1. The van der Waals surface area contributed by atoms with Gasteiger partial charge >= 0.3 is 11.9 Å². The van der Waals surface area contributed by atoms with Crippen molar-refractivity contribution in [3.8, 4) is 0 Å². The van der Waals surface area contributed by atoms with Gasteiger partial charge in [-0.05, 0) is 38.7 Å². The van der Waals surface area contributed by atoms with Crippen LogP contribution in [-0.4, -0.2) is 87.3 Å². The summed E-state index contributed by atoms with van der Waals surface area (Å²) in [5, 5.41) is 34.3. The highest BCUT2D eigenvalue weighted by Crippen LogP contribution is 2.02. The lowest BCUT2D eigenvalue weighted by molar-refractivity contribution is -0.143. The van der Waals surface area contributed by atoms with Gasteiger partial charge in [-0.1, -0.05) is 0 Å². The van der Waals surface area contributed by atoms with Crippen molar-refractivity contribution in [2.24, 2.45) is 5.73 Å². The number of carboxylic acid groups (broad SMARTS) is 2. The molecular weight excluding hydrogens is 420 g/mol. The molecule has 0 rings (SSSR count). The lowest BCUT2D eigenvalue weighted by Crippen LogP contribution is -2.59. The van der Waals surface area contributed by atoms with Crippen LogP contribution in [0.5, 0.6) is 0 Å². The van der Waals surface area contributed by atoms with Crippen LogP contribution in [0.15, 0.2) is 0 Å². The molecule has 0 saturated carbocycles. The molecule has 0 aromatic rings. The number of carboxylic acids is 2. The van der Waals surface area contributed by atoms with Gasteiger partial charge in [-0.2, -0.15) is 11.8 Å². The molecule has 3 amide bonds. The van der Waals surface area contributed by atoms with Gasteiger partial charge in [-0.3, -0.25) is 19.2 Å². The Labute approximate surface area is 178 Å². The number of carbonyl (C=O) groups is 5. The van der Waals surface area contributed by atoms with Crippen LogP contribution in [0.3, 0.4) is 0 Å². The molecule has 0 spiro atoms. The van der Waals surface area contributed by atoms with E-state index in [0.29, 0.717) is 12.2 Å². The summed E-state index contributed by atoms with van der Waals surface area (Å²) in [6, 6.07) is -4.92. The van der Waals surface area contributed by atoms with E-state index in [1.165, 1.54) is 25.6 Å². The lowest BCUT2D eigenvalue weighted by Gasteiger charge is -2.25. The number of nitrogens with one attached hydrogen (secondary N) is 3. The molecule has 8 N–H and O–H groups in total. The first kappa shape index (κ1) is 27.6. The topological polar surface area (TPSA) is 208 Å². The van der Waals surface area contributed by atoms with Gasteiger partial charge in [-0.15, -0.1) is 0 Å². The molecule has 13 heteroatoms. The molecule has 0 aliphatic carbocycles. The summed E-state index contributed by atoms with van der Waals surface area (Å²) < 4.78 is 0. The first-order chi connectivity index (χ1) is 13.9. The summed E-state index contributed by atoms with van der Waals surface area (Å²) in [5.74, 6) is -4.38. The number of amides is 3. The van der Waals surface area contributed by atoms with E-state index in [4.69, 9.17) is 15.9 Å².